The van der Waals surface area contributed by atoms with Gasteiger partial charge in [-0.25, -0.2) is 0 Å². The lowest BCUT2D eigenvalue weighted by Gasteiger charge is -2.13. The number of thiophene rings is 1. The second kappa shape index (κ2) is 7.43. The lowest BCUT2D eigenvalue weighted by Crippen LogP contribution is -2.19. The largest absolute Gasteiger partial charge is 0.373 e. The fourth-order valence-corrected chi connectivity index (χ4v) is 2.78. The van der Waals surface area contributed by atoms with Gasteiger partial charge in [-0.15, -0.1) is 11.3 Å². The summed E-state index contributed by atoms with van der Waals surface area (Å²) in [4.78, 5) is 2.75. The summed E-state index contributed by atoms with van der Waals surface area (Å²) >= 11 is 1.85. The Labute approximate surface area is 119 Å². The summed E-state index contributed by atoms with van der Waals surface area (Å²) in [6.07, 6.45) is 0.159. The van der Waals surface area contributed by atoms with E-state index in [0.29, 0.717) is 0 Å². The van der Waals surface area contributed by atoms with E-state index in [9.17, 15) is 0 Å². The third-order valence-electron chi connectivity index (χ3n) is 3.01. The molecule has 1 heterocycles. The van der Waals surface area contributed by atoms with Gasteiger partial charge >= 0.3 is 0 Å². The molecule has 0 aliphatic carbocycles. The molecule has 1 N–H and O–H groups in total. The van der Waals surface area contributed by atoms with Crippen LogP contribution in [0.2, 0.25) is 0 Å². The zero-order valence-electron chi connectivity index (χ0n) is 11.6. The van der Waals surface area contributed by atoms with E-state index in [0.717, 1.165) is 19.7 Å². The van der Waals surface area contributed by atoms with E-state index in [1.807, 2.05) is 29.5 Å². The molecular formula is C16H21NOS. The summed E-state index contributed by atoms with van der Waals surface area (Å²) in [7, 11) is 0. The molecule has 3 heteroatoms. The standard InChI is InChI=1S/C16H21NOS/c1-13-8-9-16(19-13)12-17-10-11-18-14(2)15-6-4-3-5-7-15/h3-9,14,17H,10-12H2,1-2H3. The maximum absolute atomic E-state index is 5.81. The quantitative estimate of drug-likeness (QED) is 0.773. The highest BCUT2D eigenvalue weighted by molar-refractivity contribution is 7.11. The molecule has 2 aromatic rings. The molecule has 19 heavy (non-hydrogen) atoms. The van der Waals surface area contributed by atoms with E-state index in [4.69, 9.17) is 4.74 Å². The van der Waals surface area contributed by atoms with Crippen molar-refractivity contribution in [1.29, 1.82) is 0 Å². The number of rotatable bonds is 7. The van der Waals surface area contributed by atoms with Gasteiger partial charge in [-0.1, -0.05) is 30.3 Å². The third-order valence-corrected chi connectivity index (χ3v) is 4.01. The van der Waals surface area contributed by atoms with Gasteiger partial charge in [0, 0.05) is 22.8 Å². The average molecular weight is 275 g/mol. The lowest BCUT2D eigenvalue weighted by atomic mass is 10.1. The van der Waals surface area contributed by atoms with Gasteiger partial charge in [0.1, 0.15) is 0 Å². The van der Waals surface area contributed by atoms with Crippen LogP contribution >= 0.6 is 11.3 Å². The maximum atomic E-state index is 5.81. The topological polar surface area (TPSA) is 21.3 Å². The summed E-state index contributed by atoms with van der Waals surface area (Å²) in [6, 6.07) is 14.7. The molecule has 102 valence electrons. The van der Waals surface area contributed by atoms with Crippen LogP contribution in [0.5, 0.6) is 0 Å². The molecule has 0 fully saturated rings. The van der Waals surface area contributed by atoms with Crippen molar-refractivity contribution >= 4 is 11.3 Å². The first-order valence-corrected chi connectivity index (χ1v) is 7.50. The van der Waals surface area contributed by atoms with Crippen LogP contribution in [0.4, 0.5) is 0 Å². The molecule has 0 amide bonds. The molecule has 1 aromatic heterocycles. The highest BCUT2D eigenvalue weighted by Crippen LogP contribution is 2.16. The molecular weight excluding hydrogens is 254 g/mol. The van der Waals surface area contributed by atoms with Crippen molar-refractivity contribution in [3.8, 4) is 0 Å². The zero-order chi connectivity index (χ0) is 13.5. The molecule has 0 aliphatic rings. The van der Waals surface area contributed by atoms with Crippen LogP contribution in [-0.2, 0) is 11.3 Å². The van der Waals surface area contributed by atoms with Gasteiger partial charge in [0.05, 0.1) is 12.7 Å². The zero-order valence-corrected chi connectivity index (χ0v) is 12.4. The van der Waals surface area contributed by atoms with E-state index in [1.54, 1.807) is 0 Å². The van der Waals surface area contributed by atoms with Crippen LogP contribution in [0.15, 0.2) is 42.5 Å². The first-order valence-electron chi connectivity index (χ1n) is 6.68. The Morgan fingerprint density at radius 3 is 2.63 bits per heavy atom. The van der Waals surface area contributed by atoms with Crippen LogP contribution in [0.1, 0.15) is 28.3 Å². The van der Waals surface area contributed by atoms with Crippen molar-refractivity contribution in [2.45, 2.75) is 26.5 Å². The van der Waals surface area contributed by atoms with Gasteiger partial charge in [0.25, 0.3) is 0 Å². The summed E-state index contributed by atoms with van der Waals surface area (Å²) in [6.45, 7) is 6.78. The van der Waals surface area contributed by atoms with Crippen LogP contribution in [0.3, 0.4) is 0 Å². The highest BCUT2D eigenvalue weighted by atomic mass is 32.1. The van der Waals surface area contributed by atoms with Crippen molar-refractivity contribution in [3.63, 3.8) is 0 Å². The van der Waals surface area contributed by atoms with Crippen molar-refractivity contribution < 1.29 is 4.74 Å². The molecule has 2 nitrogen and oxygen atoms in total. The van der Waals surface area contributed by atoms with E-state index in [1.165, 1.54) is 15.3 Å². The third kappa shape index (κ3) is 4.78. The van der Waals surface area contributed by atoms with E-state index in [-0.39, 0.29) is 6.10 Å². The van der Waals surface area contributed by atoms with Gasteiger partial charge in [0.15, 0.2) is 0 Å². The normalized spacial score (nSPS) is 12.5. The SMILES string of the molecule is Cc1ccc(CNCCOC(C)c2ccccc2)s1. The summed E-state index contributed by atoms with van der Waals surface area (Å²) in [5.74, 6) is 0. The number of hydrogen-bond donors (Lipinski definition) is 1. The van der Waals surface area contributed by atoms with E-state index in [2.05, 4.69) is 43.4 Å². The Morgan fingerprint density at radius 1 is 1.16 bits per heavy atom. The van der Waals surface area contributed by atoms with E-state index >= 15 is 0 Å². The number of nitrogens with one attached hydrogen (secondary N) is 1. The van der Waals surface area contributed by atoms with Gasteiger partial charge in [-0.2, -0.15) is 0 Å². The molecule has 0 saturated carbocycles. The number of hydrogen-bond acceptors (Lipinski definition) is 3. The van der Waals surface area contributed by atoms with Crippen LogP contribution in [0, 0.1) is 6.92 Å². The first-order chi connectivity index (χ1) is 9.25. The van der Waals surface area contributed by atoms with Crippen molar-refractivity contribution in [1.82, 2.24) is 5.32 Å². The molecule has 0 aliphatic heterocycles. The molecule has 0 spiro atoms. The lowest BCUT2D eigenvalue weighted by molar-refractivity contribution is 0.0676. The molecule has 0 saturated heterocycles. The Bertz CT molecular complexity index is 481. The maximum Gasteiger partial charge on any atom is 0.0797 e. The van der Waals surface area contributed by atoms with Gasteiger partial charge in [0.2, 0.25) is 0 Å². The molecule has 1 unspecified atom stereocenters. The fourth-order valence-electron chi connectivity index (χ4n) is 1.92. The van der Waals surface area contributed by atoms with Gasteiger partial charge < -0.3 is 10.1 Å². The number of aryl methyl sites for hydroxylation is 1. The van der Waals surface area contributed by atoms with Crippen LogP contribution < -0.4 is 5.32 Å². The van der Waals surface area contributed by atoms with Gasteiger partial charge in [-0.3, -0.25) is 0 Å². The number of benzene rings is 1. The summed E-state index contributed by atoms with van der Waals surface area (Å²) < 4.78 is 5.81. The molecule has 2 rings (SSSR count). The first kappa shape index (κ1) is 14.3. The minimum atomic E-state index is 0.159. The van der Waals surface area contributed by atoms with Crippen LogP contribution in [0.25, 0.3) is 0 Å². The van der Waals surface area contributed by atoms with Crippen molar-refractivity contribution in [2.75, 3.05) is 13.2 Å². The predicted molar refractivity (Wildman–Crippen MR) is 81.6 cm³/mol. The molecule has 0 radical (unpaired) electrons. The Hall–Kier alpha value is -1.16. The average Bonchev–Trinajstić information content (AvgIpc) is 2.85. The smallest absolute Gasteiger partial charge is 0.0797 e. The summed E-state index contributed by atoms with van der Waals surface area (Å²) in [5, 5.41) is 3.41. The van der Waals surface area contributed by atoms with Crippen molar-refractivity contribution in [2.24, 2.45) is 0 Å². The molecule has 1 atom stereocenters. The molecule has 0 bridgehead atoms. The Morgan fingerprint density at radius 2 is 1.95 bits per heavy atom. The van der Waals surface area contributed by atoms with E-state index < -0.39 is 0 Å². The summed E-state index contributed by atoms with van der Waals surface area (Å²) in [5.41, 5.74) is 1.23. The van der Waals surface area contributed by atoms with Crippen molar-refractivity contribution in [3.05, 3.63) is 57.8 Å². The second-order valence-corrected chi connectivity index (χ2v) is 5.99. The minimum Gasteiger partial charge on any atom is -0.373 e. The second-order valence-electron chi connectivity index (χ2n) is 4.61. The highest BCUT2D eigenvalue weighted by Gasteiger charge is 2.04. The van der Waals surface area contributed by atoms with Crippen LogP contribution in [-0.4, -0.2) is 13.2 Å². The van der Waals surface area contributed by atoms with Gasteiger partial charge in [-0.05, 0) is 31.5 Å². The monoisotopic (exact) mass is 275 g/mol. The fraction of sp³-hybridized carbons (Fsp3) is 0.375. The predicted octanol–water partition coefficient (Wildman–Crippen LogP) is 3.92. The molecule has 1 aromatic carbocycles. The Kier molecular flexibility index (Phi) is 5.58. The number of ether oxygens (including phenoxy) is 1. The Balaban J connectivity index is 1.62. The minimum absolute atomic E-state index is 0.159.